The topological polar surface area (TPSA) is 79.7 Å². The van der Waals surface area contributed by atoms with Crippen molar-refractivity contribution in [3.05, 3.63) is 64.6 Å². The Hall–Kier alpha value is -3.23. The van der Waals surface area contributed by atoms with Gasteiger partial charge in [0.25, 0.3) is 11.5 Å². The molecular formula is C26H33N5O3. The quantitative estimate of drug-likeness (QED) is 0.492. The maximum Gasteiger partial charge on any atom is 0.279 e. The van der Waals surface area contributed by atoms with Crippen molar-refractivity contribution in [2.45, 2.75) is 20.3 Å². The molecule has 0 atom stereocenters. The minimum atomic E-state index is -0.272. The number of piperazine rings is 1. The van der Waals surface area contributed by atoms with Crippen molar-refractivity contribution >= 4 is 16.7 Å². The molecule has 0 aliphatic carbocycles. The summed E-state index contributed by atoms with van der Waals surface area (Å²) >= 11 is 0. The Bertz CT molecular complexity index is 1170. The lowest BCUT2D eigenvalue weighted by Crippen LogP contribution is -2.46. The van der Waals surface area contributed by atoms with Crippen molar-refractivity contribution < 1.29 is 9.53 Å². The Morgan fingerprint density at radius 2 is 1.65 bits per heavy atom. The van der Waals surface area contributed by atoms with Gasteiger partial charge in [-0.1, -0.05) is 25.1 Å². The van der Waals surface area contributed by atoms with Gasteiger partial charge in [-0.15, -0.1) is 0 Å². The lowest BCUT2D eigenvalue weighted by atomic mass is 10.1. The normalized spacial score (nSPS) is 14.9. The Kier molecular flexibility index (Phi) is 7.92. The molecule has 0 radical (unpaired) electrons. The molecule has 1 aliphatic rings. The lowest BCUT2D eigenvalue weighted by Gasteiger charge is -2.33. The number of nitrogens with zero attached hydrogens (tertiary/aromatic N) is 4. The van der Waals surface area contributed by atoms with E-state index in [-0.39, 0.29) is 17.2 Å². The number of fused-ring (bicyclic) bond motifs is 1. The van der Waals surface area contributed by atoms with Crippen molar-refractivity contribution in [1.29, 1.82) is 0 Å². The number of benzene rings is 2. The fraction of sp³-hybridized carbons (Fsp3) is 0.423. The van der Waals surface area contributed by atoms with Gasteiger partial charge < -0.3 is 19.9 Å². The van der Waals surface area contributed by atoms with Gasteiger partial charge in [0.15, 0.2) is 5.69 Å². The molecule has 2 heterocycles. The van der Waals surface area contributed by atoms with E-state index >= 15 is 0 Å². The van der Waals surface area contributed by atoms with Crippen molar-refractivity contribution in [3.8, 4) is 11.4 Å². The second-order valence-electron chi connectivity index (χ2n) is 8.42. The summed E-state index contributed by atoms with van der Waals surface area (Å²) in [4.78, 5) is 31.1. The molecule has 2 aromatic carbocycles. The van der Waals surface area contributed by atoms with Gasteiger partial charge in [0.2, 0.25) is 0 Å². The number of hydrogen-bond donors (Lipinski definition) is 1. The summed E-state index contributed by atoms with van der Waals surface area (Å²) in [5.74, 6) is 0.445. The number of carbonyl (C=O) groups is 1. The third kappa shape index (κ3) is 5.46. The van der Waals surface area contributed by atoms with E-state index in [2.05, 4.69) is 27.1 Å². The van der Waals surface area contributed by atoms with Crippen LogP contribution < -0.4 is 15.6 Å². The average molecular weight is 464 g/mol. The van der Waals surface area contributed by atoms with E-state index < -0.39 is 0 Å². The standard InChI is InChI=1S/C26H33N5O3/c1-3-29-16-18-30(19-17-29)15-7-14-27-25(32)24-22-8-5-6-9-23(22)26(33)31(28-24)20-10-12-21(13-11-20)34-4-2/h5-6,8-13H,3-4,7,14-19H2,1-2H3,(H,27,32). The molecule has 1 aliphatic heterocycles. The average Bonchev–Trinajstić information content (AvgIpc) is 2.88. The molecule has 180 valence electrons. The number of likely N-dealkylation sites (N-methyl/N-ethyl adjacent to an activating group) is 1. The number of nitrogens with one attached hydrogen (secondary N) is 1. The van der Waals surface area contributed by atoms with Crippen LogP contribution in [0.2, 0.25) is 0 Å². The molecule has 3 aromatic rings. The smallest absolute Gasteiger partial charge is 0.279 e. The molecule has 1 amide bonds. The molecule has 34 heavy (non-hydrogen) atoms. The first kappa shape index (κ1) is 23.9. The van der Waals surface area contributed by atoms with Crippen LogP contribution >= 0.6 is 0 Å². The molecule has 1 N–H and O–H groups in total. The summed E-state index contributed by atoms with van der Waals surface area (Å²) in [6.07, 6.45) is 0.869. The van der Waals surface area contributed by atoms with Crippen molar-refractivity contribution in [2.24, 2.45) is 0 Å². The van der Waals surface area contributed by atoms with Crippen LogP contribution in [0.5, 0.6) is 5.75 Å². The first-order valence-corrected chi connectivity index (χ1v) is 12.1. The summed E-state index contributed by atoms with van der Waals surface area (Å²) in [6, 6.07) is 14.3. The van der Waals surface area contributed by atoms with E-state index in [4.69, 9.17) is 4.74 Å². The third-order valence-electron chi connectivity index (χ3n) is 6.26. The molecule has 8 nitrogen and oxygen atoms in total. The fourth-order valence-electron chi connectivity index (χ4n) is 4.30. The van der Waals surface area contributed by atoms with Gasteiger partial charge in [0.1, 0.15) is 5.75 Å². The number of aromatic nitrogens is 2. The lowest BCUT2D eigenvalue weighted by molar-refractivity contribution is 0.0943. The second kappa shape index (κ2) is 11.3. The number of carbonyl (C=O) groups excluding carboxylic acids is 1. The zero-order valence-corrected chi connectivity index (χ0v) is 20.0. The number of ether oxygens (including phenoxy) is 1. The highest BCUT2D eigenvalue weighted by molar-refractivity contribution is 6.04. The molecule has 1 aromatic heterocycles. The first-order chi connectivity index (χ1) is 16.6. The van der Waals surface area contributed by atoms with E-state index in [9.17, 15) is 9.59 Å². The maximum absolute atomic E-state index is 13.1. The van der Waals surface area contributed by atoms with Gasteiger partial charge in [0, 0.05) is 38.1 Å². The van der Waals surface area contributed by atoms with Gasteiger partial charge in [-0.3, -0.25) is 9.59 Å². The van der Waals surface area contributed by atoms with Gasteiger partial charge in [-0.05, 0) is 56.8 Å². The van der Waals surface area contributed by atoms with Crippen LogP contribution in [-0.2, 0) is 0 Å². The van der Waals surface area contributed by atoms with Crippen LogP contribution in [0.25, 0.3) is 16.5 Å². The minimum absolute atomic E-state index is 0.251. The predicted molar refractivity (Wildman–Crippen MR) is 134 cm³/mol. The van der Waals surface area contributed by atoms with Gasteiger partial charge in [0.05, 0.1) is 17.7 Å². The highest BCUT2D eigenvalue weighted by Crippen LogP contribution is 2.17. The molecule has 0 unspecified atom stereocenters. The maximum atomic E-state index is 13.1. The van der Waals surface area contributed by atoms with Crippen LogP contribution in [0.3, 0.4) is 0 Å². The van der Waals surface area contributed by atoms with Crippen molar-refractivity contribution in [2.75, 3.05) is 52.4 Å². The molecule has 1 saturated heterocycles. The summed E-state index contributed by atoms with van der Waals surface area (Å²) in [6.45, 7) is 11.6. The van der Waals surface area contributed by atoms with Gasteiger partial charge >= 0.3 is 0 Å². The van der Waals surface area contributed by atoms with Crippen molar-refractivity contribution in [1.82, 2.24) is 24.9 Å². The highest BCUT2D eigenvalue weighted by atomic mass is 16.5. The molecule has 0 saturated carbocycles. The summed E-state index contributed by atoms with van der Waals surface area (Å²) < 4.78 is 6.78. The Morgan fingerprint density at radius 3 is 2.32 bits per heavy atom. The van der Waals surface area contributed by atoms with E-state index in [0.717, 1.165) is 45.7 Å². The number of rotatable bonds is 9. The third-order valence-corrected chi connectivity index (χ3v) is 6.26. The monoisotopic (exact) mass is 463 g/mol. The number of amides is 1. The molecule has 1 fully saturated rings. The van der Waals surface area contributed by atoms with Crippen LogP contribution in [-0.4, -0.2) is 77.9 Å². The SMILES string of the molecule is CCOc1ccc(-n2nc(C(=O)NCCCN3CCN(CC)CC3)c3ccccc3c2=O)cc1. The van der Waals surface area contributed by atoms with Gasteiger partial charge in [-0.2, -0.15) is 9.78 Å². The van der Waals surface area contributed by atoms with Crippen LogP contribution in [0.1, 0.15) is 30.8 Å². The Labute approximate surface area is 200 Å². The summed E-state index contributed by atoms with van der Waals surface area (Å²) in [5.41, 5.74) is 0.572. The zero-order valence-electron chi connectivity index (χ0n) is 20.0. The molecule has 0 spiro atoms. The van der Waals surface area contributed by atoms with Gasteiger partial charge in [-0.25, -0.2) is 0 Å². The Morgan fingerprint density at radius 1 is 0.971 bits per heavy atom. The Balaban J connectivity index is 1.48. The van der Waals surface area contributed by atoms with Crippen LogP contribution in [0.15, 0.2) is 53.3 Å². The molecular weight excluding hydrogens is 430 g/mol. The van der Waals surface area contributed by atoms with Crippen LogP contribution in [0.4, 0.5) is 0 Å². The van der Waals surface area contributed by atoms with Crippen molar-refractivity contribution in [3.63, 3.8) is 0 Å². The zero-order chi connectivity index (χ0) is 23.9. The minimum Gasteiger partial charge on any atom is -0.494 e. The summed E-state index contributed by atoms with van der Waals surface area (Å²) in [5, 5.41) is 8.49. The first-order valence-electron chi connectivity index (χ1n) is 12.1. The predicted octanol–water partition coefficient (Wildman–Crippen LogP) is 2.54. The highest BCUT2D eigenvalue weighted by Gasteiger charge is 2.18. The number of hydrogen-bond acceptors (Lipinski definition) is 6. The summed E-state index contributed by atoms with van der Waals surface area (Å²) in [7, 11) is 0. The molecule has 4 rings (SSSR count). The fourth-order valence-corrected chi connectivity index (χ4v) is 4.30. The van der Waals surface area contributed by atoms with E-state index in [1.54, 1.807) is 42.5 Å². The van der Waals surface area contributed by atoms with E-state index in [1.807, 2.05) is 13.0 Å². The second-order valence-corrected chi connectivity index (χ2v) is 8.42. The molecule has 0 bridgehead atoms. The van der Waals surface area contributed by atoms with E-state index in [1.165, 1.54) is 4.68 Å². The largest absolute Gasteiger partial charge is 0.494 e. The van der Waals surface area contributed by atoms with Crippen LogP contribution in [0, 0.1) is 0 Å². The van der Waals surface area contributed by atoms with E-state index in [0.29, 0.717) is 35.4 Å². The molecule has 8 heteroatoms.